The van der Waals surface area contributed by atoms with Gasteiger partial charge >= 0.3 is 6.09 Å². The predicted molar refractivity (Wildman–Crippen MR) is 94.0 cm³/mol. The minimum absolute atomic E-state index is 0.0188. The van der Waals surface area contributed by atoms with Crippen molar-refractivity contribution in [1.29, 1.82) is 0 Å². The van der Waals surface area contributed by atoms with E-state index in [1.807, 2.05) is 39.0 Å². The summed E-state index contributed by atoms with van der Waals surface area (Å²) in [4.78, 5) is 27.6. The third-order valence-corrected chi connectivity index (χ3v) is 4.13. The molecule has 1 aliphatic rings. The molecule has 0 spiro atoms. The Hall–Kier alpha value is -1.76. The molecule has 1 aromatic carbocycles. The van der Waals surface area contributed by atoms with Crippen molar-refractivity contribution >= 4 is 27.9 Å². The van der Waals surface area contributed by atoms with Crippen LogP contribution in [0.3, 0.4) is 0 Å². The van der Waals surface area contributed by atoms with Gasteiger partial charge in [-0.05, 0) is 48.8 Å². The summed E-state index contributed by atoms with van der Waals surface area (Å²) in [6.07, 6.45) is -0.334. The maximum Gasteiger partial charge on any atom is 0.410 e. The average molecular weight is 399 g/mol. The lowest BCUT2D eigenvalue weighted by Gasteiger charge is -2.35. The number of rotatable bonds is 3. The van der Waals surface area contributed by atoms with Crippen LogP contribution in [0.1, 0.15) is 20.8 Å². The summed E-state index contributed by atoms with van der Waals surface area (Å²) in [5.74, 6) is 0.549. The molecule has 0 aromatic heterocycles. The van der Waals surface area contributed by atoms with E-state index in [2.05, 4.69) is 15.9 Å². The fraction of sp³-hybridized carbons (Fsp3) is 0.529. The van der Waals surface area contributed by atoms with Crippen LogP contribution in [0, 0.1) is 0 Å². The number of amides is 2. The summed E-state index contributed by atoms with van der Waals surface area (Å²) in [6.45, 7) is 7.40. The van der Waals surface area contributed by atoms with Crippen molar-refractivity contribution in [3.63, 3.8) is 0 Å². The van der Waals surface area contributed by atoms with Crippen molar-refractivity contribution < 1.29 is 19.1 Å². The van der Waals surface area contributed by atoms with Gasteiger partial charge in [0.15, 0.2) is 6.61 Å². The number of piperazine rings is 1. The SMILES string of the molecule is CC(C)(C)OC(=O)N1CCN(C(=O)COc2ccccc2Br)CC1. The van der Waals surface area contributed by atoms with Crippen LogP contribution < -0.4 is 4.74 Å². The van der Waals surface area contributed by atoms with Gasteiger partial charge in [0.2, 0.25) is 0 Å². The van der Waals surface area contributed by atoms with Crippen molar-refractivity contribution in [1.82, 2.24) is 9.80 Å². The number of para-hydroxylation sites is 1. The molecule has 132 valence electrons. The number of carbonyl (C=O) groups is 2. The molecule has 0 radical (unpaired) electrons. The van der Waals surface area contributed by atoms with Crippen LogP contribution >= 0.6 is 15.9 Å². The van der Waals surface area contributed by atoms with Crippen LogP contribution in [0.5, 0.6) is 5.75 Å². The van der Waals surface area contributed by atoms with Crippen molar-refractivity contribution in [2.45, 2.75) is 26.4 Å². The van der Waals surface area contributed by atoms with Crippen molar-refractivity contribution in [3.8, 4) is 5.75 Å². The highest BCUT2D eigenvalue weighted by Crippen LogP contribution is 2.23. The van der Waals surface area contributed by atoms with E-state index in [1.54, 1.807) is 15.9 Å². The smallest absolute Gasteiger partial charge is 0.410 e. The monoisotopic (exact) mass is 398 g/mol. The second-order valence-electron chi connectivity index (χ2n) is 6.57. The lowest BCUT2D eigenvalue weighted by molar-refractivity contribution is -0.135. The molecule has 0 aliphatic carbocycles. The molecule has 0 saturated carbocycles. The molecular formula is C17H23BrN2O4. The molecule has 1 saturated heterocycles. The fourth-order valence-electron chi connectivity index (χ4n) is 2.26. The quantitative estimate of drug-likeness (QED) is 0.785. The lowest BCUT2D eigenvalue weighted by Crippen LogP contribution is -2.52. The molecule has 24 heavy (non-hydrogen) atoms. The van der Waals surface area contributed by atoms with Crippen molar-refractivity contribution in [3.05, 3.63) is 28.7 Å². The first-order valence-corrected chi connectivity index (χ1v) is 8.68. The molecule has 1 fully saturated rings. The topological polar surface area (TPSA) is 59.1 Å². The molecule has 0 N–H and O–H groups in total. The third kappa shape index (κ3) is 5.40. The Morgan fingerprint density at radius 2 is 1.67 bits per heavy atom. The van der Waals surface area contributed by atoms with E-state index in [4.69, 9.17) is 9.47 Å². The lowest BCUT2D eigenvalue weighted by atomic mass is 10.2. The zero-order valence-corrected chi connectivity index (χ0v) is 15.8. The number of nitrogens with zero attached hydrogens (tertiary/aromatic N) is 2. The summed E-state index contributed by atoms with van der Waals surface area (Å²) in [5.41, 5.74) is -0.513. The first-order chi connectivity index (χ1) is 11.3. The molecule has 1 heterocycles. The number of hydrogen-bond donors (Lipinski definition) is 0. The Labute approximate surface area is 150 Å². The molecule has 2 rings (SSSR count). The van der Waals surface area contributed by atoms with E-state index in [0.717, 1.165) is 4.47 Å². The molecule has 1 aromatic rings. The van der Waals surface area contributed by atoms with Crippen LogP contribution in [0.15, 0.2) is 28.7 Å². The molecule has 6 nitrogen and oxygen atoms in total. The molecule has 7 heteroatoms. The van der Waals surface area contributed by atoms with E-state index in [-0.39, 0.29) is 18.6 Å². The van der Waals surface area contributed by atoms with Crippen molar-refractivity contribution in [2.75, 3.05) is 32.8 Å². The first kappa shape index (κ1) is 18.6. The van der Waals surface area contributed by atoms with Gasteiger partial charge in [-0.25, -0.2) is 4.79 Å². The van der Waals surface area contributed by atoms with Crippen LogP contribution in [-0.2, 0) is 9.53 Å². The van der Waals surface area contributed by atoms with Gasteiger partial charge in [0, 0.05) is 26.2 Å². The summed E-state index contributed by atoms with van der Waals surface area (Å²) in [6, 6.07) is 7.40. The largest absolute Gasteiger partial charge is 0.483 e. The number of ether oxygens (including phenoxy) is 2. The second-order valence-corrected chi connectivity index (χ2v) is 7.42. The Kier molecular flexibility index (Phi) is 6.10. The van der Waals surface area contributed by atoms with E-state index < -0.39 is 5.60 Å². The normalized spacial score (nSPS) is 15.2. The highest BCUT2D eigenvalue weighted by Gasteiger charge is 2.27. The molecular weight excluding hydrogens is 376 g/mol. The predicted octanol–water partition coefficient (Wildman–Crippen LogP) is 2.91. The summed E-state index contributed by atoms with van der Waals surface area (Å²) >= 11 is 3.38. The van der Waals surface area contributed by atoms with Crippen LogP contribution in [-0.4, -0.2) is 60.2 Å². The maximum atomic E-state index is 12.2. The summed E-state index contributed by atoms with van der Waals surface area (Å²) < 4.78 is 11.7. The highest BCUT2D eigenvalue weighted by atomic mass is 79.9. The summed E-state index contributed by atoms with van der Waals surface area (Å²) in [7, 11) is 0. The highest BCUT2D eigenvalue weighted by molar-refractivity contribution is 9.10. The van der Waals surface area contributed by atoms with Gasteiger partial charge in [0.25, 0.3) is 5.91 Å². The number of halogens is 1. The Morgan fingerprint density at radius 3 is 2.25 bits per heavy atom. The minimum Gasteiger partial charge on any atom is -0.483 e. The summed E-state index contributed by atoms with van der Waals surface area (Å²) in [5, 5.41) is 0. The molecule has 0 atom stereocenters. The number of benzene rings is 1. The van der Waals surface area contributed by atoms with Gasteiger partial charge in [-0.15, -0.1) is 0 Å². The molecule has 0 bridgehead atoms. The van der Waals surface area contributed by atoms with E-state index >= 15 is 0 Å². The maximum absolute atomic E-state index is 12.2. The first-order valence-electron chi connectivity index (χ1n) is 7.89. The average Bonchev–Trinajstić information content (AvgIpc) is 2.52. The zero-order valence-electron chi connectivity index (χ0n) is 14.3. The Balaban J connectivity index is 1.78. The minimum atomic E-state index is -0.513. The van der Waals surface area contributed by atoms with Crippen LogP contribution in [0.4, 0.5) is 4.79 Å². The molecule has 1 aliphatic heterocycles. The van der Waals surface area contributed by atoms with E-state index in [0.29, 0.717) is 31.9 Å². The Morgan fingerprint density at radius 1 is 1.08 bits per heavy atom. The van der Waals surface area contributed by atoms with E-state index in [1.165, 1.54) is 0 Å². The van der Waals surface area contributed by atoms with E-state index in [9.17, 15) is 9.59 Å². The van der Waals surface area contributed by atoms with Gasteiger partial charge in [-0.3, -0.25) is 4.79 Å². The van der Waals surface area contributed by atoms with Gasteiger partial charge in [-0.1, -0.05) is 12.1 Å². The van der Waals surface area contributed by atoms with Gasteiger partial charge in [-0.2, -0.15) is 0 Å². The number of carbonyl (C=O) groups excluding carboxylic acids is 2. The second kappa shape index (κ2) is 7.88. The number of hydrogen-bond acceptors (Lipinski definition) is 4. The Bertz CT molecular complexity index is 592. The van der Waals surface area contributed by atoms with Gasteiger partial charge in [0.05, 0.1) is 4.47 Å². The van der Waals surface area contributed by atoms with Crippen LogP contribution in [0.25, 0.3) is 0 Å². The van der Waals surface area contributed by atoms with Crippen molar-refractivity contribution in [2.24, 2.45) is 0 Å². The third-order valence-electron chi connectivity index (χ3n) is 3.47. The van der Waals surface area contributed by atoms with Gasteiger partial charge in [0.1, 0.15) is 11.4 Å². The standard InChI is InChI=1S/C17H23BrN2O4/c1-17(2,3)24-16(22)20-10-8-19(9-11-20)15(21)12-23-14-7-5-4-6-13(14)18/h4-7H,8-12H2,1-3H3. The molecule has 2 amide bonds. The van der Waals surface area contributed by atoms with Gasteiger partial charge < -0.3 is 19.3 Å². The van der Waals surface area contributed by atoms with Crippen LogP contribution in [0.2, 0.25) is 0 Å². The zero-order chi connectivity index (χ0) is 17.7. The fourth-order valence-corrected chi connectivity index (χ4v) is 2.66. The molecule has 0 unspecified atom stereocenters.